The van der Waals surface area contributed by atoms with Crippen molar-refractivity contribution >= 4 is 5.97 Å². The second kappa shape index (κ2) is 6.17. The van der Waals surface area contributed by atoms with Crippen molar-refractivity contribution in [1.29, 1.82) is 0 Å². The van der Waals surface area contributed by atoms with Crippen LogP contribution >= 0.6 is 0 Å². The van der Waals surface area contributed by atoms with E-state index in [0.29, 0.717) is 6.42 Å². The average molecular weight is 262 g/mol. The van der Waals surface area contributed by atoms with Gasteiger partial charge in [0, 0.05) is 13.1 Å². The predicted octanol–water partition coefficient (Wildman–Crippen LogP) is 1.62. The van der Waals surface area contributed by atoms with Crippen LogP contribution in [-0.4, -0.2) is 29.7 Å². The molecule has 0 amide bonds. The topological polar surface area (TPSA) is 61.4 Å². The SMILES string of the molecule is CC1CNC1(CCCNCc1ccccc1)C(=O)O. The molecule has 0 radical (unpaired) electrons. The van der Waals surface area contributed by atoms with Crippen LogP contribution < -0.4 is 10.6 Å². The quantitative estimate of drug-likeness (QED) is 0.653. The van der Waals surface area contributed by atoms with Gasteiger partial charge in [0.2, 0.25) is 0 Å². The predicted molar refractivity (Wildman–Crippen MR) is 74.9 cm³/mol. The highest BCUT2D eigenvalue weighted by atomic mass is 16.4. The summed E-state index contributed by atoms with van der Waals surface area (Å²) in [5.74, 6) is -0.492. The minimum Gasteiger partial charge on any atom is -0.480 e. The Morgan fingerprint density at radius 2 is 2.21 bits per heavy atom. The molecule has 3 N–H and O–H groups in total. The maximum absolute atomic E-state index is 11.3. The number of carboxylic acids is 1. The largest absolute Gasteiger partial charge is 0.480 e. The van der Waals surface area contributed by atoms with E-state index in [1.54, 1.807) is 0 Å². The number of carboxylic acid groups (broad SMARTS) is 1. The van der Waals surface area contributed by atoms with E-state index in [-0.39, 0.29) is 5.92 Å². The lowest BCUT2D eigenvalue weighted by Crippen LogP contribution is -2.68. The summed E-state index contributed by atoms with van der Waals surface area (Å²) in [4.78, 5) is 11.3. The minimum atomic E-state index is -0.714. The molecule has 104 valence electrons. The monoisotopic (exact) mass is 262 g/mol. The normalized spacial score (nSPS) is 25.8. The van der Waals surface area contributed by atoms with E-state index in [2.05, 4.69) is 22.8 Å². The molecule has 1 aromatic carbocycles. The molecular formula is C15H22N2O2. The average Bonchev–Trinajstić information content (AvgIpc) is 2.41. The van der Waals surface area contributed by atoms with Crippen LogP contribution in [0.1, 0.15) is 25.3 Å². The van der Waals surface area contributed by atoms with Gasteiger partial charge in [-0.1, -0.05) is 37.3 Å². The van der Waals surface area contributed by atoms with Gasteiger partial charge in [-0.05, 0) is 30.9 Å². The lowest BCUT2D eigenvalue weighted by Gasteiger charge is -2.45. The van der Waals surface area contributed by atoms with Crippen LogP contribution in [0.4, 0.5) is 0 Å². The van der Waals surface area contributed by atoms with Gasteiger partial charge in [-0.3, -0.25) is 4.79 Å². The first kappa shape index (κ1) is 14.0. The van der Waals surface area contributed by atoms with Crippen LogP contribution in [0.15, 0.2) is 30.3 Å². The highest BCUT2D eigenvalue weighted by molar-refractivity contribution is 5.80. The zero-order valence-electron chi connectivity index (χ0n) is 11.4. The fourth-order valence-electron chi connectivity index (χ4n) is 2.60. The zero-order valence-corrected chi connectivity index (χ0v) is 11.4. The molecule has 0 bridgehead atoms. The molecule has 0 spiro atoms. The molecule has 1 aliphatic heterocycles. The Labute approximate surface area is 114 Å². The van der Waals surface area contributed by atoms with Crippen molar-refractivity contribution in [3.8, 4) is 0 Å². The molecule has 0 aliphatic carbocycles. The molecule has 1 aromatic rings. The maximum atomic E-state index is 11.3. The van der Waals surface area contributed by atoms with Crippen molar-refractivity contribution in [2.45, 2.75) is 31.8 Å². The summed E-state index contributed by atoms with van der Waals surface area (Å²) in [7, 11) is 0. The van der Waals surface area contributed by atoms with Crippen molar-refractivity contribution in [2.24, 2.45) is 5.92 Å². The van der Waals surface area contributed by atoms with Crippen molar-refractivity contribution < 1.29 is 9.90 Å². The summed E-state index contributed by atoms with van der Waals surface area (Å²) in [5, 5.41) is 15.8. The van der Waals surface area contributed by atoms with E-state index < -0.39 is 11.5 Å². The number of hydrogen-bond acceptors (Lipinski definition) is 3. The van der Waals surface area contributed by atoms with Gasteiger partial charge in [0.1, 0.15) is 5.54 Å². The van der Waals surface area contributed by atoms with E-state index in [4.69, 9.17) is 0 Å². The highest BCUT2D eigenvalue weighted by Crippen LogP contribution is 2.30. The number of carbonyl (C=O) groups is 1. The molecule has 4 heteroatoms. The third kappa shape index (κ3) is 3.14. The molecule has 2 rings (SSSR count). The van der Waals surface area contributed by atoms with Crippen LogP contribution in [0, 0.1) is 5.92 Å². The zero-order chi connectivity index (χ0) is 13.7. The fraction of sp³-hybridized carbons (Fsp3) is 0.533. The standard InChI is InChI=1S/C15H22N2O2/c1-12-10-17-15(12,14(18)19)8-5-9-16-11-13-6-3-2-4-7-13/h2-4,6-7,12,16-17H,5,8-11H2,1H3,(H,18,19). The summed E-state index contributed by atoms with van der Waals surface area (Å²) in [5.41, 5.74) is 0.569. The first-order chi connectivity index (χ1) is 9.15. The lowest BCUT2D eigenvalue weighted by atomic mass is 9.74. The summed E-state index contributed by atoms with van der Waals surface area (Å²) >= 11 is 0. The third-order valence-electron chi connectivity index (χ3n) is 4.04. The maximum Gasteiger partial charge on any atom is 0.324 e. The van der Waals surface area contributed by atoms with Gasteiger partial charge in [-0.25, -0.2) is 0 Å². The Hall–Kier alpha value is -1.39. The Bertz CT molecular complexity index is 421. The number of nitrogens with one attached hydrogen (secondary N) is 2. The van der Waals surface area contributed by atoms with Crippen molar-refractivity contribution in [3.05, 3.63) is 35.9 Å². The first-order valence-corrected chi connectivity index (χ1v) is 6.88. The summed E-state index contributed by atoms with van der Waals surface area (Å²) in [6.45, 7) is 4.49. The highest BCUT2D eigenvalue weighted by Gasteiger charge is 2.49. The Kier molecular flexibility index (Phi) is 4.56. The molecule has 1 fully saturated rings. The van der Waals surface area contributed by atoms with Gasteiger partial charge < -0.3 is 15.7 Å². The van der Waals surface area contributed by atoms with Gasteiger partial charge in [0.05, 0.1) is 0 Å². The van der Waals surface area contributed by atoms with Crippen LogP contribution in [-0.2, 0) is 11.3 Å². The summed E-state index contributed by atoms with van der Waals surface area (Å²) < 4.78 is 0. The molecule has 1 aliphatic rings. The van der Waals surface area contributed by atoms with Gasteiger partial charge in [-0.2, -0.15) is 0 Å². The van der Waals surface area contributed by atoms with E-state index in [0.717, 1.165) is 26.1 Å². The number of aliphatic carboxylic acids is 1. The van der Waals surface area contributed by atoms with Crippen molar-refractivity contribution in [3.63, 3.8) is 0 Å². The molecule has 4 nitrogen and oxygen atoms in total. The van der Waals surface area contributed by atoms with Crippen LogP contribution in [0.5, 0.6) is 0 Å². The molecule has 2 atom stereocenters. The Morgan fingerprint density at radius 3 is 2.74 bits per heavy atom. The second-order valence-electron chi connectivity index (χ2n) is 5.32. The summed E-state index contributed by atoms with van der Waals surface area (Å²) in [6, 6.07) is 10.2. The van der Waals surface area contributed by atoms with E-state index in [9.17, 15) is 9.90 Å². The molecule has 2 unspecified atom stereocenters. The molecule has 19 heavy (non-hydrogen) atoms. The number of benzene rings is 1. The van der Waals surface area contributed by atoms with Gasteiger partial charge in [0.15, 0.2) is 0 Å². The smallest absolute Gasteiger partial charge is 0.324 e. The number of hydrogen-bond donors (Lipinski definition) is 3. The number of rotatable bonds is 7. The third-order valence-corrected chi connectivity index (χ3v) is 4.04. The van der Waals surface area contributed by atoms with Gasteiger partial charge in [-0.15, -0.1) is 0 Å². The second-order valence-corrected chi connectivity index (χ2v) is 5.32. The van der Waals surface area contributed by atoms with Gasteiger partial charge in [0.25, 0.3) is 0 Å². The van der Waals surface area contributed by atoms with E-state index in [1.165, 1.54) is 5.56 Å². The summed E-state index contributed by atoms with van der Waals surface area (Å²) in [6.07, 6.45) is 1.56. The van der Waals surface area contributed by atoms with Crippen molar-refractivity contribution in [1.82, 2.24) is 10.6 Å². The molecular weight excluding hydrogens is 240 g/mol. The van der Waals surface area contributed by atoms with Crippen LogP contribution in [0.25, 0.3) is 0 Å². The van der Waals surface area contributed by atoms with E-state index in [1.807, 2.05) is 25.1 Å². The van der Waals surface area contributed by atoms with Crippen molar-refractivity contribution in [2.75, 3.05) is 13.1 Å². The molecule has 1 heterocycles. The van der Waals surface area contributed by atoms with Crippen LogP contribution in [0.2, 0.25) is 0 Å². The Morgan fingerprint density at radius 1 is 1.47 bits per heavy atom. The molecule has 0 aromatic heterocycles. The fourth-order valence-corrected chi connectivity index (χ4v) is 2.60. The first-order valence-electron chi connectivity index (χ1n) is 6.88. The van der Waals surface area contributed by atoms with E-state index >= 15 is 0 Å². The minimum absolute atomic E-state index is 0.221. The Balaban J connectivity index is 1.68. The van der Waals surface area contributed by atoms with Gasteiger partial charge >= 0.3 is 5.97 Å². The molecule has 1 saturated heterocycles. The molecule has 0 saturated carbocycles. The lowest BCUT2D eigenvalue weighted by molar-refractivity contribution is -0.152. The van der Waals surface area contributed by atoms with Crippen LogP contribution in [0.3, 0.4) is 0 Å².